The monoisotopic (exact) mass is 734 g/mol. The SMILES string of the molecule is CC1C(O[C@H]2OCC3(COCc4ccccc4)O[C@@H](c4ccccc4)O[C@@H]23)[C@@H](OCc2ccccc2)CO[C@H]1O[C@H]1C(C)OC(O)C2OC(C)(C)OC21. The smallest absolute Gasteiger partial charge is 0.187 e. The van der Waals surface area contributed by atoms with Crippen LogP contribution in [0.15, 0.2) is 91.0 Å². The molecule has 5 saturated heterocycles. The van der Waals surface area contributed by atoms with Gasteiger partial charge in [-0.2, -0.15) is 0 Å². The van der Waals surface area contributed by atoms with E-state index in [1.807, 2.05) is 119 Å². The van der Waals surface area contributed by atoms with Crippen LogP contribution in [0, 0.1) is 5.92 Å². The van der Waals surface area contributed by atoms with Crippen LogP contribution >= 0.6 is 0 Å². The van der Waals surface area contributed by atoms with E-state index in [1.54, 1.807) is 0 Å². The Bertz CT molecular complexity index is 1610. The van der Waals surface area contributed by atoms with Gasteiger partial charge in [0.1, 0.15) is 36.1 Å². The predicted molar refractivity (Wildman–Crippen MR) is 188 cm³/mol. The van der Waals surface area contributed by atoms with Crippen LogP contribution in [0.5, 0.6) is 0 Å². The van der Waals surface area contributed by atoms with Crippen molar-refractivity contribution < 1.29 is 57.2 Å². The molecule has 0 amide bonds. The fourth-order valence-electron chi connectivity index (χ4n) is 7.90. The fourth-order valence-corrected chi connectivity index (χ4v) is 7.90. The number of aliphatic hydroxyl groups excluding tert-OH is 1. The summed E-state index contributed by atoms with van der Waals surface area (Å²) in [6.45, 7) is 8.90. The Morgan fingerprint density at radius 1 is 0.717 bits per heavy atom. The first kappa shape index (κ1) is 37.1. The van der Waals surface area contributed by atoms with E-state index < -0.39 is 79.3 Å². The lowest BCUT2D eigenvalue weighted by molar-refractivity contribution is -0.333. The van der Waals surface area contributed by atoms with E-state index >= 15 is 0 Å². The first-order chi connectivity index (χ1) is 25.7. The quantitative estimate of drug-likeness (QED) is 0.269. The van der Waals surface area contributed by atoms with Crippen LogP contribution in [0.3, 0.4) is 0 Å². The van der Waals surface area contributed by atoms with E-state index in [4.69, 9.17) is 52.1 Å². The van der Waals surface area contributed by atoms with Crippen molar-refractivity contribution in [3.05, 3.63) is 108 Å². The summed E-state index contributed by atoms with van der Waals surface area (Å²) in [5.74, 6) is -1.26. The van der Waals surface area contributed by atoms with Gasteiger partial charge in [0.05, 0.1) is 45.2 Å². The Labute approximate surface area is 310 Å². The summed E-state index contributed by atoms with van der Waals surface area (Å²) >= 11 is 0. The third kappa shape index (κ3) is 7.97. The van der Waals surface area contributed by atoms with Crippen LogP contribution < -0.4 is 0 Å². The van der Waals surface area contributed by atoms with Crippen molar-refractivity contribution in [3.63, 3.8) is 0 Å². The topological polar surface area (TPSA) is 122 Å². The highest BCUT2D eigenvalue weighted by molar-refractivity contribution is 5.19. The Kier molecular flexibility index (Phi) is 11.0. The molecule has 5 aliphatic rings. The first-order valence-corrected chi connectivity index (χ1v) is 18.6. The third-order valence-corrected chi connectivity index (χ3v) is 10.6. The molecule has 8 rings (SSSR count). The largest absolute Gasteiger partial charge is 0.374 e. The molecule has 5 fully saturated rings. The summed E-state index contributed by atoms with van der Waals surface area (Å²) in [7, 11) is 0. The third-order valence-electron chi connectivity index (χ3n) is 10.6. The highest BCUT2D eigenvalue weighted by atomic mass is 16.8. The van der Waals surface area contributed by atoms with Crippen LogP contribution in [0.2, 0.25) is 0 Å². The van der Waals surface area contributed by atoms with Gasteiger partial charge in [0.2, 0.25) is 0 Å². The molecular weight excluding hydrogens is 684 g/mol. The first-order valence-electron chi connectivity index (χ1n) is 18.6. The zero-order valence-corrected chi connectivity index (χ0v) is 30.6. The van der Waals surface area contributed by atoms with E-state index in [9.17, 15) is 5.11 Å². The van der Waals surface area contributed by atoms with Crippen molar-refractivity contribution in [1.82, 2.24) is 0 Å². The van der Waals surface area contributed by atoms with Gasteiger partial charge in [-0.3, -0.25) is 0 Å². The second-order valence-corrected chi connectivity index (χ2v) is 15.0. The molecule has 3 aromatic carbocycles. The van der Waals surface area contributed by atoms with Crippen LogP contribution in [0.4, 0.5) is 0 Å². The minimum Gasteiger partial charge on any atom is -0.374 e. The fraction of sp³-hybridized carbons (Fsp3) is 0.561. The van der Waals surface area contributed by atoms with Gasteiger partial charge in [-0.25, -0.2) is 0 Å². The molecule has 0 radical (unpaired) electrons. The molecule has 53 heavy (non-hydrogen) atoms. The van der Waals surface area contributed by atoms with Crippen molar-refractivity contribution >= 4 is 0 Å². The molecule has 0 bridgehead atoms. The van der Waals surface area contributed by atoms with Crippen molar-refractivity contribution in [3.8, 4) is 0 Å². The van der Waals surface area contributed by atoms with Gasteiger partial charge in [-0.05, 0) is 31.9 Å². The van der Waals surface area contributed by atoms with Crippen LogP contribution in [0.1, 0.15) is 50.7 Å². The molecule has 7 unspecified atom stereocenters. The summed E-state index contributed by atoms with van der Waals surface area (Å²) in [6, 6.07) is 29.8. The Morgan fingerprint density at radius 2 is 1.36 bits per heavy atom. The second-order valence-electron chi connectivity index (χ2n) is 15.0. The van der Waals surface area contributed by atoms with Crippen molar-refractivity contribution in [2.75, 3.05) is 19.8 Å². The minimum atomic E-state index is -1.14. The maximum Gasteiger partial charge on any atom is 0.187 e. The van der Waals surface area contributed by atoms with E-state index in [-0.39, 0.29) is 25.7 Å². The molecule has 12 heteroatoms. The Hall–Kier alpha value is -2.82. The number of rotatable bonds is 12. The number of hydrogen-bond acceptors (Lipinski definition) is 12. The second kappa shape index (κ2) is 15.7. The molecule has 286 valence electrons. The van der Waals surface area contributed by atoms with Crippen molar-refractivity contribution in [2.45, 2.75) is 120 Å². The van der Waals surface area contributed by atoms with Gasteiger partial charge in [0, 0.05) is 11.5 Å². The van der Waals surface area contributed by atoms with Crippen molar-refractivity contribution in [2.24, 2.45) is 5.92 Å². The van der Waals surface area contributed by atoms with Crippen LogP contribution in [-0.2, 0) is 65.3 Å². The number of fused-ring (bicyclic) bond motifs is 2. The average molecular weight is 735 g/mol. The summed E-state index contributed by atoms with van der Waals surface area (Å²) in [6.07, 6.45) is -7.28. The number of aliphatic hydroxyl groups is 1. The number of ether oxygens (including phenoxy) is 11. The van der Waals surface area contributed by atoms with E-state index in [0.29, 0.717) is 13.2 Å². The molecule has 13 atom stereocenters. The molecule has 0 spiro atoms. The molecular formula is C41H50O12. The Morgan fingerprint density at radius 3 is 2.08 bits per heavy atom. The van der Waals surface area contributed by atoms with E-state index in [2.05, 4.69) is 0 Å². The lowest BCUT2D eigenvalue weighted by atomic mass is 9.94. The predicted octanol–water partition coefficient (Wildman–Crippen LogP) is 5.02. The van der Waals surface area contributed by atoms with Crippen LogP contribution in [0.25, 0.3) is 0 Å². The average Bonchev–Trinajstić information content (AvgIpc) is 3.81. The van der Waals surface area contributed by atoms with Gasteiger partial charge in [0.25, 0.3) is 0 Å². The normalized spacial score (nSPS) is 39.1. The highest BCUT2D eigenvalue weighted by Crippen LogP contribution is 2.47. The molecule has 5 aliphatic heterocycles. The zero-order chi connectivity index (χ0) is 36.6. The summed E-state index contributed by atoms with van der Waals surface area (Å²) in [4.78, 5) is 0. The molecule has 3 aromatic rings. The van der Waals surface area contributed by atoms with Gasteiger partial charge >= 0.3 is 0 Å². The maximum atomic E-state index is 10.7. The van der Waals surface area contributed by atoms with Gasteiger partial charge < -0.3 is 57.2 Å². The Balaban J connectivity index is 1.02. The molecule has 1 N–H and O–H groups in total. The lowest BCUT2D eigenvalue weighted by Crippen LogP contribution is -2.60. The van der Waals surface area contributed by atoms with Gasteiger partial charge in [-0.15, -0.1) is 0 Å². The van der Waals surface area contributed by atoms with Crippen LogP contribution in [-0.4, -0.2) is 97.9 Å². The summed E-state index contributed by atoms with van der Waals surface area (Å²) < 4.78 is 70.6. The summed E-state index contributed by atoms with van der Waals surface area (Å²) in [5, 5.41) is 10.7. The highest BCUT2D eigenvalue weighted by Gasteiger charge is 2.61. The standard InChI is InChI=1S/C41H50O12/c1-25-31(48-39-35-41(24-46-39,23-43-20-27-14-8-5-9-15-27)53-38(50-35)29-18-12-7-13-19-29)30(44-21-28-16-10-6-11-17-28)22-45-37(25)49-32-26(2)47-36(42)34-33(32)51-40(3,4)52-34/h5-19,25-26,30-39,42H,20-24H2,1-4H3/t25?,26?,30-,31?,32-,33?,34?,35-,36?,37-,38-,39+,41?/m0/s1. The number of hydrogen-bond donors (Lipinski definition) is 1. The van der Waals surface area contributed by atoms with E-state index in [0.717, 1.165) is 16.7 Å². The van der Waals surface area contributed by atoms with E-state index in [1.165, 1.54) is 0 Å². The molecule has 12 nitrogen and oxygen atoms in total. The maximum absolute atomic E-state index is 10.7. The number of benzene rings is 3. The lowest BCUT2D eigenvalue weighted by Gasteiger charge is -2.45. The van der Waals surface area contributed by atoms with Gasteiger partial charge in [-0.1, -0.05) is 97.9 Å². The molecule has 5 heterocycles. The zero-order valence-electron chi connectivity index (χ0n) is 30.6. The summed E-state index contributed by atoms with van der Waals surface area (Å²) in [5.41, 5.74) is 2.07. The minimum absolute atomic E-state index is 0.195. The molecule has 0 aromatic heterocycles. The molecule has 0 aliphatic carbocycles. The van der Waals surface area contributed by atoms with Crippen molar-refractivity contribution in [1.29, 1.82) is 0 Å². The van der Waals surface area contributed by atoms with Gasteiger partial charge in [0.15, 0.2) is 30.9 Å². The molecule has 0 saturated carbocycles.